The summed E-state index contributed by atoms with van der Waals surface area (Å²) in [5.41, 5.74) is 1.38. The summed E-state index contributed by atoms with van der Waals surface area (Å²) >= 11 is 0. The molecule has 1 aromatic heterocycles. The van der Waals surface area contributed by atoms with Gasteiger partial charge in [0.1, 0.15) is 5.82 Å². The Kier molecular flexibility index (Phi) is 2.49. The first-order valence-electron chi connectivity index (χ1n) is 6.20. The summed E-state index contributed by atoms with van der Waals surface area (Å²) in [6.07, 6.45) is 8.98. The van der Waals surface area contributed by atoms with Gasteiger partial charge in [0.25, 0.3) is 0 Å². The summed E-state index contributed by atoms with van der Waals surface area (Å²) < 4.78 is 2.45. The van der Waals surface area contributed by atoms with E-state index in [-0.39, 0.29) is 0 Å². The van der Waals surface area contributed by atoms with E-state index in [9.17, 15) is 0 Å². The molecule has 0 bridgehead atoms. The van der Waals surface area contributed by atoms with Crippen LogP contribution in [0.5, 0.6) is 0 Å². The van der Waals surface area contributed by atoms with Gasteiger partial charge in [0.15, 0.2) is 0 Å². The molecule has 0 atom stereocenters. The van der Waals surface area contributed by atoms with Gasteiger partial charge < -0.3 is 9.88 Å². The van der Waals surface area contributed by atoms with Gasteiger partial charge in [0, 0.05) is 31.7 Å². The minimum Gasteiger partial charge on any atom is -0.329 e. The van der Waals surface area contributed by atoms with E-state index in [1.54, 1.807) is 0 Å². The van der Waals surface area contributed by atoms with Crippen molar-refractivity contribution in [1.29, 1.82) is 0 Å². The van der Waals surface area contributed by atoms with Crippen LogP contribution in [-0.4, -0.2) is 16.1 Å². The number of rotatable bonds is 1. The van der Waals surface area contributed by atoms with Crippen LogP contribution in [0, 0.1) is 0 Å². The number of imidazole rings is 1. The molecule has 0 unspecified atom stereocenters. The van der Waals surface area contributed by atoms with E-state index < -0.39 is 0 Å². The van der Waals surface area contributed by atoms with Crippen LogP contribution in [0.25, 0.3) is 0 Å². The van der Waals surface area contributed by atoms with Crippen LogP contribution < -0.4 is 5.32 Å². The topological polar surface area (TPSA) is 29.9 Å². The predicted molar refractivity (Wildman–Crippen MR) is 59.8 cm³/mol. The molecule has 15 heavy (non-hydrogen) atoms. The lowest BCUT2D eigenvalue weighted by Gasteiger charge is -2.24. The van der Waals surface area contributed by atoms with Crippen LogP contribution in [0.2, 0.25) is 0 Å². The molecule has 1 N–H and O–H groups in total. The first-order valence-corrected chi connectivity index (χ1v) is 6.20. The van der Waals surface area contributed by atoms with Crippen LogP contribution in [0.1, 0.15) is 49.5 Å². The highest BCUT2D eigenvalue weighted by Crippen LogP contribution is 2.32. The van der Waals surface area contributed by atoms with Gasteiger partial charge in [-0.3, -0.25) is 0 Å². The first-order chi connectivity index (χ1) is 7.45. The minimum atomic E-state index is 0.741. The van der Waals surface area contributed by atoms with E-state index in [0.717, 1.165) is 25.6 Å². The van der Waals surface area contributed by atoms with E-state index in [2.05, 4.69) is 21.1 Å². The molecule has 1 aliphatic carbocycles. The van der Waals surface area contributed by atoms with Crippen molar-refractivity contribution in [1.82, 2.24) is 14.9 Å². The molecule has 1 aliphatic heterocycles. The van der Waals surface area contributed by atoms with Gasteiger partial charge in [0.05, 0.1) is 5.69 Å². The van der Waals surface area contributed by atoms with Crippen molar-refractivity contribution in [2.75, 3.05) is 6.54 Å². The van der Waals surface area contributed by atoms with E-state index in [4.69, 9.17) is 0 Å². The molecule has 1 aromatic rings. The summed E-state index contributed by atoms with van der Waals surface area (Å²) in [7, 11) is 0. The van der Waals surface area contributed by atoms with Crippen LogP contribution >= 0.6 is 0 Å². The third-order valence-corrected chi connectivity index (χ3v) is 3.76. The average Bonchev–Trinajstić information content (AvgIpc) is 2.74. The van der Waals surface area contributed by atoms with E-state index in [1.165, 1.54) is 43.6 Å². The van der Waals surface area contributed by atoms with Gasteiger partial charge >= 0.3 is 0 Å². The Labute approximate surface area is 90.9 Å². The molecule has 0 amide bonds. The molecule has 1 fully saturated rings. The zero-order valence-corrected chi connectivity index (χ0v) is 9.21. The van der Waals surface area contributed by atoms with Crippen LogP contribution in [0.15, 0.2) is 6.20 Å². The number of nitrogens with zero attached hydrogens (tertiary/aromatic N) is 2. The van der Waals surface area contributed by atoms with Gasteiger partial charge in [-0.15, -0.1) is 0 Å². The van der Waals surface area contributed by atoms with Crippen LogP contribution in [0.4, 0.5) is 0 Å². The van der Waals surface area contributed by atoms with Crippen molar-refractivity contribution in [3.8, 4) is 0 Å². The van der Waals surface area contributed by atoms with Crippen molar-refractivity contribution in [3.05, 3.63) is 17.7 Å². The Morgan fingerprint density at radius 1 is 1.27 bits per heavy atom. The Balaban J connectivity index is 1.87. The Morgan fingerprint density at radius 2 is 2.13 bits per heavy atom. The summed E-state index contributed by atoms with van der Waals surface area (Å²) in [5, 5.41) is 3.40. The maximum absolute atomic E-state index is 4.64. The Bertz CT molecular complexity index is 337. The van der Waals surface area contributed by atoms with Gasteiger partial charge in [0.2, 0.25) is 0 Å². The fourth-order valence-corrected chi connectivity index (χ4v) is 2.92. The molecule has 82 valence electrons. The molecule has 1 saturated carbocycles. The quantitative estimate of drug-likeness (QED) is 0.760. The van der Waals surface area contributed by atoms with E-state index in [0.29, 0.717) is 0 Å². The predicted octanol–water partition coefficient (Wildman–Crippen LogP) is 2.03. The van der Waals surface area contributed by atoms with Gasteiger partial charge in [-0.2, -0.15) is 0 Å². The molecule has 0 radical (unpaired) electrons. The fraction of sp³-hybridized carbons (Fsp3) is 0.750. The molecule has 2 heterocycles. The number of hydrogen-bond donors (Lipinski definition) is 1. The molecule has 0 aromatic carbocycles. The summed E-state index contributed by atoms with van der Waals surface area (Å²) in [6.45, 7) is 3.21. The van der Waals surface area contributed by atoms with Crippen molar-refractivity contribution < 1.29 is 0 Å². The maximum Gasteiger partial charge on any atom is 0.112 e. The normalized spacial score (nSPS) is 22.7. The zero-order chi connectivity index (χ0) is 10.1. The zero-order valence-electron chi connectivity index (χ0n) is 9.21. The third kappa shape index (κ3) is 1.69. The number of hydrogen-bond acceptors (Lipinski definition) is 2. The van der Waals surface area contributed by atoms with Gasteiger partial charge in [-0.05, 0) is 12.8 Å². The van der Waals surface area contributed by atoms with Gasteiger partial charge in [-0.25, -0.2) is 4.98 Å². The largest absolute Gasteiger partial charge is 0.329 e. The molecule has 3 rings (SSSR count). The molecule has 3 nitrogen and oxygen atoms in total. The molecule has 2 aliphatic rings. The smallest absolute Gasteiger partial charge is 0.112 e. The molecular formula is C12H19N3. The summed E-state index contributed by atoms with van der Waals surface area (Å²) in [4.78, 5) is 4.64. The van der Waals surface area contributed by atoms with Crippen LogP contribution in [-0.2, 0) is 13.1 Å². The van der Waals surface area contributed by atoms with Crippen LogP contribution in [0.3, 0.4) is 0 Å². The maximum atomic E-state index is 4.64. The number of nitrogens with one attached hydrogen (secondary N) is 1. The lowest BCUT2D eigenvalue weighted by Crippen LogP contribution is -2.29. The second kappa shape index (κ2) is 3.97. The standard InChI is InChI=1S/C12H19N3/c1-2-4-10(5-3-1)12-14-9-11-8-13-6-7-15(11)12/h9-10,13H,1-8H2. The summed E-state index contributed by atoms with van der Waals surface area (Å²) in [5.74, 6) is 2.11. The highest BCUT2D eigenvalue weighted by Gasteiger charge is 2.22. The monoisotopic (exact) mass is 205 g/mol. The first kappa shape index (κ1) is 9.40. The number of aromatic nitrogens is 2. The minimum absolute atomic E-state index is 0.741. The van der Waals surface area contributed by atoms with Crippen molar-refractivity contribution in [3.63, 3.8) is 0 Å². The van der Waals surface area contributed by atoms with Crippen molar-refractivity contribution in [2.45, 2.75) is 51.1 Å². The third-order valence-electron chi connectivity index (χ3n) is 3.76. The fourth-order valence-electron chi connectivity index (χ4n) is 2.92. The number of fused-ring (bicyclic) bond motifs is 1. The molecule has 0 spiro atoms. The second-order valence-electron chi connectivity index (χ2n) is 4.77. The lowest BCUT2D eigenvalue weighted by molar-refractivity contribution is 0.402. The second-order valence-corrected chi connectivity index (χ2v) is 4.77. The van der Waals surface area contributed by atoms with E-state index >= 15 is 0 Å². The molecule has 0 saturated heterocycles. The molecular weight excluding hydrogens is 186 g/mol. The molecule has 3 heteroatoms. The van der Waals surface area contributed by atoms with Gasteiger partial charge in [-0.1, -0.05) is 19.3 Å². The summed E-state index contributed by atoms with van der Waals surface area (Å²) in [6, 6.07) is 0. The lowest BCUT2D eigenvalue weighted by atomic mass is 9.88. The SMILES string of the molecule is c1nc(C2CCCCC2)n2c1CNCC2. The van der Waals surface area contributed by atoms with Crippen molar-refractivity contribution in [2.24, 2.45) is 0 Å². The highest BCUT2D eigenvalue weighted by atomic mass is 15.1. The highest BCUT2D eigenvalue weighted by molar-refractivity contribution is 5.11. The Hall–Kier alpha value is -0.830. The van der Waals surface area contributed by atoms with E-state index in [1.807, 2.05) is 0 Å². The average molecular weight is 205 g/mol. The Morgan fingerprint density at radius 3 is 3.00 bits per heavy atom. The van der Waals surface area contributed by atoms with Crippen molar-refractivity contribution >= 4 is 0 Å².